The van der Waals surface area contributed by atoms with Crippen LogP contribution in [0.3, 0.4) is 0 Å². The van der Waals surface area contributed by atoms with Crippen LogP contribution in [0.25, 0.3) is 16.9 Å². The van der Waals surface area contributed by atoms with Gasteiger partial charge in [0.05, 0.1) is 6.54 Å². The van der Waals surface area contributed by atoms with Gasteiger partial charge >= 0.3 is 6.03 Å². The van der Waals surface area contributed by atoms with Gasteiger partial charge in [0.25, 0.3) is 0 Å². The average molecular weight is 441 g/mol. The van der Waals surface area contributed by atoms with Gasteiger partial charge in [-0.15, -0.1) is 0 Å². The number of pyridine rings is 1. The molecule has 2 aromatic carbocycles. The maximum absolute atomic E-state index is 12.6. The van der Waals surface area contributed by atoms with Gasteiger partial charge in [-0.2, -0.15) is 0 Å². The van der Waals surface area contributed by atoms with Crippen LogP contribution in [-0.2, 0) is 6.54 Å². The molecule has 1 N–H and O–H groups in total. The molecule has 1 saturated heterocycles. The van der Waals surface area contributed by atoms with Gasteiger partial charge in [-0.25, -0.2) is 14.8 Å². The maximum atomic E-state index is 12.6. The Morgan fingerprint density at radius 2 is 1.67 bits per heavy atom. The highest BCUT2D eigenvalue weighted by Crippen LogP contribution is 2.23. The highest BCUT2D eigenvalue weighted by Gasteiger charge is 2.23. The molecule has 0 bridgehead atoms. The number of nitrogens with zero attached hydrogens (tertiary/aromatic N) is 5. The van der Waals surface area contributed by atoms with Crippen molar-refractivity contribution in [2.75, 3.05) is 31.5 Å². The van der Waals surface area contributed by atoms with Crippen LogP contribution >= 0.6 is 0 Å². The van der Waals surface area contributed by atoms with E-state index in [1.165, 1.54) is 11.1 Å². The summed E-state index contributed by atoms with van der Waals surface area (Å²) in [6, 6.07) is 20.0. The number of nitrogens with one attached hydrogen (secondary N) is 1. The number of carbonyl (C=O) groups is 1. The van der Waals surface area contributed by atoms with E-state index in [4.69, 9.17) is 4.98 Å². The van der Waals surface area contributed by atoms with E-state index in [1.54, 1.807) is 0 Å². The number of rotatable bonds is 4. The predicted molar refractivity (Wildman–Crippen MR) is 131 cm³/mol. The van der Waals surface area contributed by atoms with Crippen LogP contribution in [-0.4, -0.2) is 56.5 Å². The average Bonchev–Trinajstić information content (AvgIpc) is 3.17. The fraction of sp³-hybridized carbons (Fsp3) is 0.269. The molecule has 7 heteroatoms. The Bertz CT molecular complexity index is 1250. The van der Waals surface area contributed by atoms with Crippen LogP contribution in [0, 0.1) is 13.8 Å². The van der Waals surface area contributed by atoms with Gasteiger partial charge in [0.2, 0.25) is 0 Å². The molecule has 0 unspecified atom stereocenters. The number of aryl methyl sites for hydroxylation is 2. The standard InChI is InChI=1S/C26H28N6O/c1-19-15-20(2)17-22(16-19)32-24(29-23-9-6-10-27-25(23)32)18-30-11-13-31(14-12-30)26(33)28-21-7-4-3-5-8-21/h3-10,15-17H,11-14,18H2,1-2H3,(H,28,33). The minimum absolute atomic E-state index is 0.0486. The molecule has 0 atom stereocenters. The molecular formula is C26H28N6O. The minimum Gasteiger partial charge on any atom is -0.322 e. The smallest absolute Gasteiger partial charge is 0.321 e. The minimum atomic E-state index is -0.0486. The number of imidazole rings is 1. The maximum Gasteiger partial charge on any atom is 0.321 e. The summed E-state index contributed by atoms with van der Waals surface area (Å²) >= 11 is 0. The molecular weight excluding hydrogens is 412 g/mol. The lowest BCUT2D eigenvalue weighted by molar-refractivity contribution is 0.140. The number of amides is 2. The van der Waals surface area contributed by atoms with E-state index in [-0.39, 0.29) is 6.03 Å². The van der Waals surface area contributed by atoms with E-state index in [0.717, 1.165) is 41.5 Å². The zero-order chi connectivity index (χ0) is 22.8. The number of carbonyl (C=O) groups excluding carboxylic acids is 1. The van der Waals surface area contributed by atoms with E-state index in [1.807, 2.05) is 53.6 Å². The van der Waals surface area contributed by atoms with Crippen LogP contribution in [0.5, 0.6) is 0 Å². The number of urea groups is 1. The molecule has 33 heavy (non-hydrogen) atoms. The number of anilines is 1. The molecule has 2 aromatic heterocycles. The van der Waals surface area contributed by atoms with E-state index < -0.39 is 0 Å². The lowest BCUT2D eigenvalue weighted by Crippen LogP contribution is -2.49. The van der Waals surface area contributed by atoms with E-state index in [2.05, 4.69) is 51.8 Å². The van der Waals surface area contributed by atoms with Crippen molar-refractivity contribution in [2.24, 2.45) is 0 Å². The van der Waals surface area contributed by atoms with Crippen LogP contribution in [0.2, 0.25) is 0 Å². The van der Waals surface area contributed by atoms with Gasteiger partial charge in [-0.1, -0.05) is 24.3 Å². The number of para-hydroxylation sites is 1. The van der Waals surface area contributed by atoms with Crippen molar-refractivity contribution in [1.29, 1.82) is 0 Å². The van der Waals surface area contributed by atoms with Gasteiger partial charge in [0.1, 0.15) is 11.3 Å². The van der Waals surface area contributed by atoms with Crippen LogP contribution < -0.4 is 5.32 Å². The van der Waals surface area contributed by atoms with Gasteiger partial charge in [-0.05, 0) is 61.4 Å². The second-order valence-electron chi connectivity index (χ2n) is 8.61. The number of piperazine rings is 1. The lowest BCUT2D eigenvalue weighted by Gasteiger charge is -2.34. The summed E-state index contributed by atoms with van der Waals surface area (Å²) in [5, 5.41) is 2.98. The summed E-state index contributed by atoms with van der Waals surface area (Å²) in [6.45, 7) is 7.89. The molecule has 1 aliphatic rings. The van der Waals surface area contributed by atoms with E-state index >= 15 is 0 Å². The first-order chi connectivity index (χ1) is 16.1. The third-order valence-corrected chi connectivity index (χ3v) is 6.00. The molecule has 5 rings (SSSR count). The molecule has 0 radical (unpaired) electrons. The zero-order valence-electron chi connectivity index (χ0n) is 19.0. The fourth-order valence-corrected chi connectivity index (χ4v) is 4.45. The Morgan fingerprint density at radius 3 is 2.39 bits per heavy atom. The molecule has 1 fully saturated rings. The van der Waals surface area contributed by atoms with Crippen molar-refractivity contribution < 1.29 is 4.79 Å². The number of benzene rings is 2. The Kier molecular flexibility index (Phi) is 5.79. The topological polar surface area (TPSA) is 66.3 Å². The highest BCUT2D eigenvalue weighted by molar-refractivity contribution is 5.89. The van der Waals surface area contributed by atoms with Crippen molar-refractivity contribution in [3.63, 3.8) is 0 Å². The first-order valence-corrected chi connectivity index (χ1v) is 11.3. The highest BCUT2D eigenvalue weighted by atomic mass is 16.2. The molecule has 168 valence electrons. The molecule has 0 spiro atoms. The summed E-state index contributed by atoms with van der Waals surface area (Å²) in [5.74, 6) is 0.968. The van der Waals surface area contributed by atoms with Gasteiger partial charge in [0.15, 0.2) is 5.65 Å². The molecule has 0 saturated carbocycles. The quantitative estimate of drug-likeness (QED) is 0.511. The molecule has 3 heterocycles. The van der Waals surface area contributed by atoms with Gasteiger partial charge in [0, 0.05) is 43.8 Å². The molecule has 2 amide bonds. The van der Waals surface area contributed by atoms with E-state index in [9.17, 15) is 4.79 Å². The van der Waals surface area contributed by atoms with Crippen molar-refractivity contribution in [3.8, 4) is 5.69 Å². The SMILES string of the molecule is Cc1cc(C)cc(-n2c(CN3CCN(C(=O)Nc4ccccc4)CC3)nc3cccnc32)c1. The number of fused-ring (bicyclic) bond motifs is 1. The predicted octanol–water partition coefficient (Wildman–Crippen LogP) is 4.39. The number of hydrogen-bond acceptors (Lipinski definition) is 4. The molecule has 1 aliphatic heterocycles. The normalized spacial score (nSPS) is 14.5. The summed E-state index contributed by atoms with van der Waals surface area (Å²) in [4.78, 5) is 26.4. The molecule has 0 aliphatic carbocycles. The number of hydrogen-bond donors (Lipinski definition) is 1. The Balaban J connectivity index is 1.33. The first kappa shape index (κ1) is 21.2. The third-order valence-electron chi connectivity index (χ3n) is 6.00. The largest absolute Gasteiger partial charge is 0.322 e. The van der Waals surface area contributed by atoms with Crippen molar-refractivity contribution >= 4 is 22.9 Å². The summed E-state index contributed by atoms with van der Waals surface area (Å²) in [5.41, 5.74) is 6.11. The molecule has 4 aromatic rings. The third kappa shape index (κ3) is 4.59. The first-order valence-electron chi connectivity index (χ1n) is 11.3. The van der Waals surface area contributed by atoms with Crippen LogP contribution in [0.4, 0.5) is 10.5 Å². The summed E-state index contributed by atoms with van der Waals surface area (Å²) in [7, 11) is 0. The summed E-state index contributed by atoms with van der Waals surface area (Å²) in [6.07, 6.45) is 1.82. The van der Waals surface area contributed by atoms with Gasteiger partial charge < -0.3 is 10.2 Å². The van der Waals surface area contributed by atoms with Crippen LogP contribution in [0.15, 0.2) is 66.9 Å². The Labute approximate surface area is 193 Å². The van der Waals surface area contributed by atoms with Gasteiger partial charge in [-0.3, -0.25) is 9.47 Å². The molecule has 7 nitrogen and oxygen atoms in total. The second kappa shape index (κ2) is 9.03. The zero-order valence-corrected chi connectivity index (χ0v) is 19.0. The number of aromatic nitrogens is 3. The van der Waals surface area contributed by atoms with Crippen molar-refractivity contribution in [2.45, 2.75) is 20.4 Å². The summed E-state index contributed by atoms with van der Waals surface area (Å²) < 4.78 is 2.17. The van der Waals surface area contributed by atoms with Crippen LogP contribution in [0.1, 0.15) is 17.0 Å². The lowest BCUT2D eigenvalue weighted by atomic mass is 10.1. The van der Waals surface area contributed by atoms with E-state index in [0.29, 0.717) is 19.6 Å². The van der Waals surface area contributed by atoms with Crippen molar-refractivity contribution in [3.05, 3.63) is 83.8 Å². The Morgan fingerprint density at radius 1 is 0.939 bits per heavy atom. The van der Waals surface area contributed by atoms with Crippen molar-refractivity contribution in [1.82, 2.24) is 24.3 Å². The Hall–Kier alpha value is -3.71. The second-order valence-corrected chi connectivity index (χ2v) is 8.61. The fourth-order valence-electron chi connectivity index (χ4n) is 4.45. The monoisotopic (exact) mass is 440 g/mol.